The topological polar surface area (TPSA) is 46.2 Å². The van der Waals surface area contributed by atoms with E-state index in [0.717, 1.165) is 21.8 Å². The van der Waals surface area contributed by atoms with Gasteiger partial charge in [0.15, 0.2) is 9.84 Å². The van der Waals surface area contributed by atoms with Gasteiger partial charge >= 0.3 is 0 Å². The van der Waals surface area contributed by atoms with Gasteiger partial charge in [-0.2, -0.15) is 0 Å². The van der Waals surface area contributed by atoms with E-state index < -0.39 is 9.84 Å². The number of aryl methyl sites for hydroxylation is 1. The molecule has 0 bridgehead atoms. The van der Waals surface area contributed by atoms with Gasteiger partial charge in [-0.15, -0.1) is 0 Å². The van der Waals surface area contributed by atoms with Crippen molar-refractivity contribution < 1.29 is 8.42 Å². The fourth-order valence-electron chi connectivity index (χ4n) is 1.77. The van der Waals surface area contributed by atoms with Gasteiger partial charge in [0.25, 0.3) is 0 Å². The fourth-order valence-corrected chi connectivity index (χ4v) is 2.60. The minimum absolute atomic E-state index is 0.321. The first-order valence-corrected chi connectivity index (χ1v) is 8.42. The molecule has 0 aliphatic carbocycles. The van der Waals surface area contributed by atoms with Crippen molar-refractivity contribution in [1.82, 2.24) is 0 Å². The number of benzene rings is 2. The molecule has 0 radical (unpaired) electrons. The van der Waals surface area contributed by atoms with Gasteiger partial charge in [0.1, 0.15) is 0 Å². The predicted molar refractivity (Wildman–Crippen MR) is 83.1 cm³/mol. The minimum Gasteiger partial charge on any atom is -0.381 e. The molecule has 3 nitrogen and oxygen atoms in total. The van der Waals surface area contributed by atoms with Crippen LogP contribution in [0.2, 0.25) is 5.02 Å². The molecule has 0 saturated heterocycles. The Morgan fingerprint density at radius 2 is 1.75 bits per heavy atom. The Morgan fingerprint density at radius 1 is 1.10 bits per heavy atom. The Bertz CT molecular complexity index is 709. The van der Waals surface area contributed by atoms with Crippen molar-refractivity contribution in [2.24, 2.45) is 0 Å². The Kier molecular flexibility index (Phi) is 4.35. The molecule has 5 heteroatoms. The van der Waals surface area contributed by atoms with E-state index in [1.165, 1.54) is 6.26 Å². The lowest BCUT2D eigenvalue weighted by atomic mass is 10.1. The van der Waals surface area contributed by atoms with E-state index in [9.17, 15) is 8.42 Å². The van der Waals surface area contributed by atoms with Crippen LogP contribution in [0.1, 0.15) is 11.1 Å². The number of halogens is 1. The molecule has 0 heterocycles. The van der Waals surface area contributed by atoms with Crippen molar-refractivity contribution in [3.8, 4) is 0 Å². The SMILES string of the molecule is Cc1ccc(CNc2ccc(S(C)(=O)=O)cc2)cc1Cl. The van der Waals surface area contributed by atoms with Crippen molar-refractivity contribution in [3.63, 3.8) is 0 Å². The maximum absolute atomic E-state index is 11.4. The third-order valence-corrected chi connectivity index (χ3v) is 4.55. The van der Waals surface area contributed by atoms with Gasteiger partial charge in [-0.05, 0) is 48.4 Å². The van der Waals surface area contributed by atoms with Crippen LogP contribution in [-0.2, 0) is 16.4 Å². The van der Waals surface area contributed by atoms with Crippen LogP contribution >= 0.6 is 11.6 Å². The molecule has 106 valence electrons. The fraction of sp³-hybridized carbons (Fsp3) is 0.200. The summed E-state index contributed by atoms with van der Waals surface area (Å²) in [6.07, 6.45) is 1.20. The van der Waals surface area contributed by atoms with Crippen LogP contribution in [0.4, 0.5) is 5.69 Å². The maximum atomic E-state index is 11.4. The number of sulfone groups is 1. The monoisotopic (exact) mass is 309 g/mol. The highest BCUT2D eigenvalue weighted by Gasteiger charge is 2.06. The highest BCUT2D eigenvalue weighted by molar-refractivity contribution is 7.90. The van der Waals surface area contributed by atoms with Crippen LogP contribution in [0, 0.1) is 6.92 Å². The molecule has 0 aliphatic rings. The molecule has 2 rings (SSSR count). The lowest BCUT2D eigenvalue weighted by Gasteiger charge is -2.08. The van der Waals surface area contributed by atoms with Crippen LogP contribution in [0.25, 0.3) is 0 Å². The maximum Gasteiger partial charge on any atom is 0.175 e. The van der Waals surface area contributed by atoms with Crippen molar-refractivity contribution in [2.45, 2.75) is 18.4 Å². The molecular weight excluding hydrogens is 294 g/mol. The van der Waals surface area contributed by atoms with Gasteiger partial charge in [0.2, 0.25) is 0 Å². The standard InChI is InChI=1S/C15H16ClNO2S/c1-11-3-4-12(9-15(11)16)10-17-13-5-7-14(8-6-13)20(2,18)19/h3-9,17H,10H2,1-2H3. The van der Waals surface area contributed by atoms with E-state index in [4.69, 9.17) is 11.6 Å². The molecule has 0 aliphatic heterocycles. The number of hydrogen-bond acceptors (Lipinski definition) is 3. The number of nitrogens with one attached hydrogen (secondary N) is 1. The summed E-state index contributed by atoms with van der Waals surface area (Å²) >= 11 is 6.07. The second kappa shape index (κ2) is 5.85. The van der Waals surface area contributed by atoms with Crippen molar-refractivity contribution >= 4 is 27.1 Å². The van der Waals surface area contributed by atoms with E-state index in [1.54, 1.807) is 24.3 Å². The number of anilines is 1. The van der Waals surface area contributed by atoms with Crippen LogP contribution in [0.3, 0.4) is 0 Å². The quantitative estimate of drug-likeness (QED) is 0.937. The molecule has 0 unspecified atom stereocenters. The first-order chi connectivity index (χ1) is 9.36. The molecular formula is C15H16ClNO2S. The van der Waals surface area contributed by atoms with Gasteiger partial charge in [-0.3, -0.25) is 0 Å². The average molecular weight is 310 g/mol. The van der Waals surface area contributed by atoms with Crippen LogP contribution in [0.15, 0.2) is 47.4 Å². The van der Waals surface area contributed by atoms with Crippen LogP contribution in [-0.4, -0.2) is 14.7 Å². The predicted octanol–water partition coefficient (Wildman–Crippen LogP) is 3.66. The second-order valence-corrected chi connectivity index (χ2v) is 7.16. The second-order valence-electron chi connectivity index (χ2n) is 4.73. The van der Waals surface area contributed by atoms with Gasteiger partial charge in [0.05, 0.1) is 4.90 Å². The van der Waals surface area contributed by atoms with E-state index >= 15 is 0 Å². The summed E-state index contributed by atoms with van der Waals surface area (Å²) in [5.41, 5.74) is 3.00. The molecule has 20 heavy (non-hydrogen) atoms. The highest BCUT2D eigenvalue weighted by atomic mass is 35.5. The summed E-state index contributed by atoms with van der Waals surface area (Å²) in [5.74, 6) is 0. The van der Waals surface area contributed by atoms with E-state index in [-0.39, 0.29) is 0 Å². The van der Waals surface area contributed by atoms with E-state index in [2.05, 4.69) is 5.32 Å². The first kappa shape index (κ1) is 14.9. The van der Waals surface area contributed by atoms with Gasteiger partial charge in [0, 0.05) is 23.5 Å². The van der Waals surface area contributed by atoms with Crippen LogP contribution in [0.5, 0.6) is 0 Å². The first-order valence-electron chi connectivity index (χ1n) is 6.15. The Labute approximate surface area is 124 Å². The molecule has 0 amide bonds. The van der Waals surface area contributed by atoms with Gasteiger partial charge in [-0.25, -0.2) is 8.42 Å². The smallest absolute Gasteiger partial charge is 0.175 e. The molecule has 1 N–H and O–H groups in total. The largest absolute Gasteiger partial charge is 0.381 e. The van der Waals surface area contributed by atoms with Gasteiger partial charge in [-0.1, -0.05) is 23.7 Å². The zero-order valence-corrected chi connectivity index (χ0v) is 12.9. The lowest BCUT2D eigenvalue weighted by Crippen LogP contribution is -2.01. The normalized spacial score (nSPS) is 11.3. The average Bonchev–Trinajstić information content (AvgIpc) is 2.40. The molecule has 0 spiro atoms. The summed E-state index contributed by atoms with van der Waals surface area (Å²) in [6, 6.07) is 12.6. The Hall–Kier alpha value is -1.52. The Balaban J connectivity index is 2.06. The molecule has 2 aromatic carbocycles. The number of rotatable bonds is 4. The summed E-state index contributed by atoms with van der Waals surface area (Å²) in [5, 5.41) is 3.98. The lowest BCUT2D eigenvalue weighted by molar-refractivity contribution is 0.602. The van der Waals surface area contributed by atoms with E-state index in [1.807, 2.05) is 25.1 Å². The summed E-state index contributed by atoms with van der Waals surface area (Å²) in [7, 11) is -3.14. The van der Waals surface area contributed by atoms with Gasteiger partial charge < -0.3 is 5.32 Å². The third-order valence-electron chi connectivity index (χ3n) is 3.02. The number of hydrogen-bond donors (Lipinski definition) is 1. The molecule has 0 fully saturated rings. The zero-order chi connectivity index (χ0) is 14.8. The molecule has 0 aromatic heterocycles. The summed E-state index contributed by atoms with van der Waals surface area (Å²) < 4.78 is 22.7. The zero-order valence-electron chi connectivity index (χ0n) is 11.4. The van der Waals surface area contributed by atoms with Crippen LogP contribution < -0.4 is 5.32 Å². The third kappa shape index (κ3) is 3.74. The molecule has 2 aromatic rings. The van der Waals surface area contributed by atoms with Crippen molar-refractivity contribution in [1.29, 1.82) is 0 Å². The van der Waals surface area contributed by atoms with Crippen molar-refractivity contribution in [2.75, 3.05) is 11.6 Å². The molecule has 0 atom stereocenters. The van der Waals surface area contributed by atoms with E-state index in [0.29, 0.717) is 11.4 Å². The van der Waals surface area contributed by atoms with Crippen molar-refractivity contribution in [3.05, 3.63) is 58.6 Å². The molecule has 0 saturated carbocycles. The summed E-state index contributed by atoms with van der Waals surface area (Å²) in [6.45, 7) is 2.60. The Morgan fingerprint density at radius 3 is 2.30 bits per heavy atom. The minimum atomic E-state index is -3.14. The highest BCUT2D eigenvalue weighted by Crippen LogP contribution is 2.18. The summed E-state index contributed by atoms with van der Waals surface area (Å²) in [4.78, 5) is 0.321.